The Morgan fingerprint density at radius 1 is 0.611 bits per heavy atom. The van der Waals surface area contributed by atoms with Crippen LogP contribution in [0.3, 0.4) is 0 Å². The van der Waals surface area contributed by atoms with Crippen LogP contribution in [0.2, 0.25) is 5.04 Å². The van der Waals surface area contributed by atoms with Crippen molar-refractivity contribution in [1.82, 2.24) is 0 Å². The molecule has 0 spiro atoms. The molecule has 0 saturated carbocycles. The van der Waals surface area contributed by atoms with E-state index >= 15 is 0 Å². The van der Waals surface area contributed by atoms with E-state index in [1.54, 1.807) is 15.9 Å². The molecule has 3 aromatic carbocycles. The molecule has 0 saturated heterocycles. The minimum absolute atomic E-state index is 0.188. The topological polar surface area (TPSA) is 0 Å². The van der Waals surface area contributed by atoms with Gasteiger partial charge in [-0.2, -0.15) is 0 Å². The summed E-state index contributed by atoms with van der Waals surface area (Å²) in [6, 6.07) is 29.0. The lowest BCUT2D eigenvalue weighted by Crippen LogP contribution is -2.66. The summed E-state index contributed by atoms with van der Waals surface area (Å²) in [6.45, 7) is 14.4. The molecule has 0 aromatic heterocycles. The van der Waals surface area contributed by atoms with Gasteiger partial charge >= 0.3 is 0 Å². The van der Waals surface area contributed by atoms with Crippen LogP contribution < -0.4 is 10.4 Å². The third-order valence-corrected chi connectivity index (χ3v) is 14.5. The molecule has 0 radical (unpaired) electrons. The van der Waals surface area contributed by atoms with Crippen molar-refractivity contribution in [2.24, 2.45) is 0 Å². The average Bonchev–Trinajstić information content (AvgIpc) is 2.86. The summed E-state index contributed by atoms with van der Waals surface area (Å²) in [5.74, 6) is 0. The maximum Gasteiger partial charge on any atom is 0.127 e. The number of rotatable bonds is 13. The zero-order valence-corrected chi connectivity index (χ0v) is 25.0. The summed E-state index contributed by atoms with van der Waals surface area (Å²) in [4.78, 5) is 0. The van der Waals surface area contributed by atoms with Crippen LogP contribution in [-0.4, -0.2) is 8.07 Å². The Morgan fingerprint density at radius 2 is 1.06 bits per heavy atom. The van der Waals surface area contributed by atoms with Gasteiger partial charge in [-0.15, -0.1) is 0 Å². The van der Waals surface area contributed by atoms with Crippen molar-refractivity contribution in [2.75, 3.05) is 0 Å². The number of hydrogen-bond acceptors (Lipinski definition) is 0. The van der Waals surface area contributed by atoms with E-state index in [2.05, 4.69) is 114 Å². The molecule has 36 heavy (non-hydrogen) atoms. The fourth-order valence-electron chi connectivity index (χ4n) is 6.27. The first-order chi connectivity index (χ1) is 17.3. The van der Waals surface area contributed by atoms with Crippen LogP contribution in [0.5, 0.6) is 0 Å². The molecule has 0 fully saturated rings. The van der Waals surface area contributed by atoms with Gasteiger partial charge in [-0.3, -0.25) is 0 Å². The maximum atomic E-state index is 2.52. The molecule has 0 aliphatic rings. The standard InChI is InChI=1S/C35H50Si/c1-7-8-9-10-11-12-13-20-25-34-29(2)26-31(27-30(34)3)28-36(35(4,5)6,32-21-16-14-17-22-32)33-23-18-15-19-24-33/h14-19,21-24,26-27H,7-13,20,25,28H2,1-6H3. The Hall–Kier alpha value is -2.12. The lowest BCUT2D eigenvalue weighted by molar-refractivity contribution is 0.575. The van der Waals surface area contributed by atoms with E-state index in [-0.39, 0.29) is 5.04 Å². The zero-order valence-electron chi connectivity index (χ0n) is 24.0. The number of hydrogen-bond donors (Lipinski definition) is 0. The van der Waals surface area contributed by atoms with Crippen LogP contribution in [0.25, 0.3) is 0 Å². The van der Waals surface area contributed by atoms with E-state index in [0.29, 0.717) is 0 Å². The molecule has 0 amide bonds. The van der Waals surface area contributed by atoms with Crippen LogP contribution in [0, 0.1) is 13.8 Å². The Labute approximate surface area is 223 Å². The third-order valence-electron chi connectivity index (χ3n) is 8.32. The summed E-state index contributed by atoms with van der Waals surface area (Å²) in [6.07, 6.45) is 12.3. The van der Waals surface area contributed by atoms with Gasteiger partial charge in [0.25, 0.3) is 0 Å². The number of aryl methyl sites for hydroxylation is 2. The predicted octanol–water partition coefficient (Wildman–Crippen LogP) is 9.13. The van der Waals surface area contributed by atoms with Crippen LogP contribution >= 0.6 is 0 Å². The highest BCUT2D eigenvalue weighted by molar-refractivity contribution is 7.03. The van der Waals surface area contributed by atoms with Gasteiger partial charge in [-0.05, 0) is 60.0 Å². The van der Waals surface area contributed by atoms with Gasteiger partial charge in [-0.1, -0.05) is 156 Å². The normalized spacial score (nSPS) is 12.2. The van der Waals surface area contributed by atoms with E-state index in [4.69, 9.17) is 0 Å². The smallest absolute Gasteiger partial charge is 0.0654 e. The first-order valence-corrected chi connectivity index (χ1v) is 16.7. The first-order valence-electron chi connectivity index (χ1n) is 14.5. The third kappa shape index (κ3) is 7.00. The SMILES string of the molecule is CCCCCCCCCCc1c(C)cc(C[Si](c2ccccc2)(c2ccccc2)C(C)(C)C)cc1C. The highest BCUT2D eigenvalue weighted by atomic mass is 28.3. The van der Waals surface area contributed by atoms with Crippen molar-refractivity contribution in [2.45, 2.75) is 110 Å². The number of benzene rings is 3. The van der Waals surface area contributed by atoms with Gasteiger partial charge in [0.1, 0.15) is 8.07 Å². The molecule has 0 atom stereocenters. The van der Waals surface area contributed by atoms with Crippen molar-refractivity contribution in [3.63, 3.8) is 0 Å². The van der Waals surface area contributed by atoms with Gasteiger partial charge in [0.05, 0.1) is 0 Å². The van der Waals surface area contributed by atoms with Crippen molar-refractivity contribution in [1.29, 1.82) is 0 Å². The molecular formula is C35H50Si. The average molecular weight is 499 g/mol. The highest BCUT2D eigenvalue weighted by Gasteiger charge is 2.47. The molecule has 0 nitrogen and oxygen atoms in total. The fourth-order valence-corrected chi connectivity index (χ4v) is 11.6. The van der Waals surface area contributed by atoms with Crippen molar-refractivity contribution in [3.05, 3.63) is 95.1 Å². The van der Waals surface area contributed by atoms with Crippen LogP contribution in [-0.2, 0) is 12.5 Å². The molecule has 0 heterocycles. The Bertz CT molecular complexity index is 980. The highest BCUT2D eigenvalue weighted by Crippen LogP contribution is 2.38. The molecule has 0 unspecified atom stereocenters. The monoisotopic (exact) mass is 498 g/mol. The van der Waals surface area contributed by atoms with E-state index < -0.39 is 8.07 Å². The molecule has 3 aromatic rings. The minimum Gasteiger partial charge on any atom is -0.0654 e. The summed E-state index contributed by atoms with van der Waals surface area (Å²) >= 11 is 0. The lowest BCUT2D eigenvalue weighted by atomic mass is 9.95. The van der Waals surface area contributed by atoms with E-state index in [9.17, 15) is 0 Å². The fraction of sp³-hybridized carbons (Fsp3) is 0.486. The molecule has 0 bridgehead atoms. The quantitative estimate of drug-likeness (QED) is 0.163. The molecule has 194 valence electrons. The van der Waals surface area contributed by atoms with Crippen LogP contribution in [0.1, 0.15) is 101 Å². The maximum absolute atomic E-state index is 2.52. The van der Waals surface area contributed by atoms with Gasteiger partial charge in [0.15, 0.2) is 0 Å². The van der Waals surface area contributed by atoms with Gasteiger partial charge in [-0.25, -0.2) is 0 Å². The Morgan fingerprint density at radius 3 is 1.50 bits per heavy atom. The summed E-state index contributed by atoms with van der Waals surface area (Å²) in [7, 11) is -2.10. The summed E-state index contributed by atoms with van der Waals surface area (Å²) in [5.41, 5.74) is 6.09. The van der Waals surface area contributed by atoms with Gasteiger partial charge in [0.2, 0.25) is 0 Å². The van der Waals surface area contributed by atoms with E-state index in [1.807, 2.05) is 0 Å². The van der Waals surface area contributed by atoms with Crippen molar-refractivity contribution < 1.29 is 0 Å². The Balaban J connectivity index is 1.83. The minimum atomic E-state index is -2.10. The second-order valence-corrected chi connectivity index (χ2v) is 16.8. The Kier molecular flexibility index (Phi) is 10.6. The first kappa shape index (κ1) is 28.4. The van der Waals surface area contributed by atoms with Crippen LogP contribution in [0.15, 0.2) is 72.8 Å². The second-order valence-electron chi connectivity index (χ2n) is 12.0. The molecule has 0 aliphatic carbocycles. The molecule has 1 heteroatoms. The molecule has 0 aliphatic heterocycles. The van der Waals surface area contributed by atoms with Gasteiger partial charge < -0.3 is 0 Å². The second kappa shape index (κ2) is 13.4. The van der Waals surface area contributed by atoms with Gasteiger partial charge in [0, 0.05) is 0 Å². The lowest BCUT2D eigenvalue weighted by Gasteiger charge is -2.44. The largest absolute Gasteiger partial charge is 0.127 e. The number of unbranched alkanes of at least 4 members (excludes halogenated alkanes) is 7. The van der Waals surface area contributed by atoms with Crippen LogP contribution in [0.4, 0.5) is 0 Å². The molecular weight excluding hydrogens is 448 g/mol. The molecule has 3 rings (SSSR count). The van der Waals surface area contributed by atoms with E-state index in [1.165, 1.54) is 74.5 Å². The predicted molar refractivity (Wildman–Crippen MR) is 164 cm³/mol. The summed E-state index contributed by atoms with van der Waals surface area (Å²) in [5, 5.41) is 3.27. The zero-order chi connectivity index (χ0) is 26.0. The molecule has 0 N–H and O–H groups in total. The van der Waals surface area contributed by atoms with E-state index in [0.717, 1.165) is 6.04 Å². The van der Waals surface area contributed by atoms with Crippen molar-refractivity contribution in [3.8, 4) is 0 Å². The van der Waals surface area contributed by atoms with Crippen molar-refractivity contribution >= 4 is 18.4 Å². The summed E-state index contributed by atoms with van der Waals surface area (Å²) < 4.78 is 0.